The summed E-state index contributed by atoms with van der Waals surface area (Å²) in [5, 5.41) is 15.1. The van der Waals surface area contributed by atoms with E-state index >= 15 is 0 Å². The van der Waals surface area contributed by atoms with Crippen molar-refractivity contribution in [2.75, 3.05) is 0 Å². The monoisotopic (exact) mass is 469 g/mol. The average molecular weight is 469 g/mol. The summed E-state index contributed by atoms with van der Waals surface area (Å²) >= 11 is 0. The number of non-ortho nitro benzene ring substituents is 1. The Bertz CT molecular complexity index is 1610. The topological polar surface area (TPSA) is 105 Å². The highest BCUT2D eigenvalue weighted by molar-refractivity contribution is 5.82. The van der Waals surface area contributed by atoms with E-state index in [1.165, 1.54) is 51.8 Å². The van der Waals surface area contributed by atoms with Crippen LogP contribution in [0.5, 0.6) is 0 Å². The minimum absolute atomic E-state index is 0.0210. The van der Waals surface area contributed by atoms with Crippen molar-refractivity contribution in [2.24, 2.45) is 0 Å². The number of alkyl halides is 3. The minimum Gasteiger partial charge on any atom is -0.273 e. The Morgan fingerprint density at radius 1 is 1.09 bits per heavy atom. The second-order valence-electron chi connectivity index (χ2n) is 7.67. The van der Waals surface area contributed by atoms with E-state index in [0.29, 0.717) is 11.3 Å². The predicted octanol–water partition coefficient (Wildman–Crippen LogP) is 3.24. The largest absolute Gasteiger partial charge is 0.416 e. The van der Waals surface area contributed by atoms with Crippen LogP contribution >= 0.6 is 0 Å². The quantitative estimate of drug-likeness (QED) is 0.337. The molecule has 5 rings (SSSR count). The van der Waals surface area contributed by atoms with E-state index in [4.69, 9.17) is 0 Å². The molecule has 4 aromatic rings. The number of halogens is 3. The average Bonchev–Trinajstić information content (AvgIpc) is 3.26. The van der Waals surface area contributed by atoms with Crippen LogP contribution in [0.4, 0.5) is 18.9 Å². The molecule has 0 N–H and O–H groups in total. The van der Waals surface area contributed by atoms with Crippen molar-refractivity contribution in [1.82, 2.24) is 18.9 Å². The van der Waals surface area contributed by atoms with E-state index in [2.05, 4.69) is 5.10 Å². The highest BCUT2D eigenvalue weighted by atomic mass is 19.4. The normalized spacial score (nSPS) is 13.2. The maximum Gasteiger partial charge on any atom is 0.416 e. The lowest BCUT2D eigenvalue weighted by Crippen LogP contribution is -2.41. The lowest BCUT2D eigenvalue weighted by molar-refractivity contribution is -0.384. The molecular formula is C22H14F3N5O4. The number of hydrogen-bond donors (Lipinski definition) is 0. The lowest BCUT2D eigenvalue weighted by atomic mass is 10.1. The third-order valence-corrected chi connectivity index (χ3v) is 5.61. The Kier molecular flexibility index (Phi) is 4.74. The Morgan fingerprint density at radius 3 is 2.50 bits per heavy atom. The fraction of sp³-hybridized carbons (Fsp3) is 0.136. The first-order chi connectivity index (χ1) is 16.1. The van der Waals surface area contributed by atoms with Gasteiger partial charge in [-0.3, -0.25) is 24.0 Å². The van der Waals surface area contributed by atoms with Crippen molar-refractivity contribution < 1.29 is 18.1 Å². The molecule has 1 aliphatic heterocycles. The third-order valence-electron chi connectivity index (χ3n) is 5.61. The van der Waals surface area contributed by atoms with Crippen molar-refractivity contribution in [3.05, 3.63) is 108 Å². The van der Waals surface area contributed by atoms with Gasteiger partial charge in [0.1, 0.15) is 5.39 Å². The SMILES string of the molecule is O=c1c2cnn3c2n(c(=O)n1Cc1ccc([N+](=O)[O-])cc1)CC=C3c1cccc(C(F)(F)F)c1. The van der Waals surface area contributed by atoms with E-state index in [1.54, 1.807) is 6.08 Å². The van der Waals surface area contributed by atoms with Crippen LogP contribution in [-0.4, -0.2) is 23.8 Å². The number of aromatic nitrogens is 4. The van der Waals surface area contributed by atoms with Crippen molar-refractivity contribution in [1.29, 1.82) is 0 Å². The first-order valence-electron chi connectivity index (χ1n) is 9.98. The van der Waals surface area contributed by atoms with Crippen molar-refractivity contribution >= 4 is 22.4 Å². The van der Waals surface area contributed by atoms with Gasteiger partial charge in [-0.05, 0) is 23.8 Å². The summed E-state index contributed by atoms with van der Waals surface area (Å²) in [6.07, 6.45) is -1.69. The van der Waals surface area contributed by atoms with E-state index < -0.39 is 27.9 Å². The highest BCUT2D eigenvalue weighted by Gasteiger charge is 2.31. The fourth-order valence-electron chi connectivity index (χ4n) is 3.97. The molecule has 0 radical (unpaired) electrons. The van der Waals surface area contributed by atoms with Gasteiger partial charge in [0.15, 0.2) is 5.65 Å². The Hall–Kier alpha value is -4.48. The van der Waals surface area contributed by atoms with Gasteiger partial charge in [0.25, 0.3) is 11.2 Å². The molecule has 172 valence electrons. The van der Waals surface area contributed by atoms with Gasteiger partial charge >= 0.3 is 11.9 Å². The number of hydrogen-bond acceptors (Lipinski definition) is 5. The molecule has 0 aliphatic carbocycles. The van der Waals surface area contributed by atoms with E-state index in [-0.39, 0.29) is 35.4 Å². The zero-order valence-electron chi connectivity index (χ0n) is 17.2. The van der Waals surface area contributed by atoms with Crippen LogP contribution < -0.4 is 11.2 Å². The number of allylic oxidation sites excluding steroid dienone is 1. The van der Waals surface area contributed by atoms with Crippen molar-refractivity contribution in [3.63, 3.8) is 0 Å². The van der Waals surface area contributed by atoms with Gasteiger partial charge in [-0.2, -0.15) is 18.3 Å². The first-order valence-corrected chi connectivity index (χ1v) is 9.98. The standard InChI is InChI=1S/C22H14F3N5O4/c23-22(24,25)15-3-1-2-14(10-15)18-8-9-27-19-17(11-26-29(18)19)20(31)28(21(27)32)12-13-4-6-16(7-5-13)30(33)34/h1-8,10-11H,9,12H2. The molecule has 0 fully saturated rings. The summed E-state index contributed by atoms with van der Waals surface area (Å²) in [5.41, 5.74) is -0.919. The summed E-state index contributed by atoms with van der Waals surface area (Å²) in [7, 11) is 0. The third kappa shape index (κ3) is 3.39. The van der Waals surface area contributed by atoms with Crippen LogP contribution in [0.1, 0.15) is 16.7 Å². The fourth-order valence-corrected chi connectivity index (χ4v) is 3.97. The molecule has 0 amide bonds. The van der Waals surface area contributed by atoms with Gasteiger partial charge in [-0.1, -0.05) is 24.3 Å². The molecule has 0 spiro atoms. The molecule has 2 aromatic carbocycles. The number of nitrogens with zero attached hydrogens (tertiary/aromatic N) is 5. The predicted molar refractivity (Wildman–Crippen MR) is 115 cm³/mol. The molecule has 1 aliphatic rings. The van der Waals surface area contributed by atoms with Crippen LogP contribution in [0, 0.1) is 10.1 Å². The zero-order chi connectivity index (χ0) is 24.2. The molecule has 2 aromatic heterocycles. The summed E-state index contributed by atoms with van der Waals surface area (Å²) in [4.78, 5) is 36.5. The Balaban J connectivity index is 1.59. The lowest BCUT2D eigenvalue weighted by Gasteiger charge is -2.20. The highest BCUT2D eigenvalue weighted by Crippen LogP contribution is 2.32. The molecule has 0 atom stereocenters. The Labute approximate surface area is 187 Å². The second-order valence-corrected chi connectivity index (χ2v) is 7.67. The molecule has 12 heteroatoms. The smallest absolute Gasteiger partial charge is 0.273 e. The molecule has 0 bridgehead atoms. The van der Waals surface area contributed by atoms with Gasteiger partial charge in [0.2, 0.25) is 0 Å². The number of nitro groups is 1. The second kappa shape index (κ2) is 7.54. The molecule has 0 unspecified atom stereocenters. The van der Waals surface area contributed by atoms with Gasteiger partial charge in [0, 0.05) is 24.2 Å². The molecule has 3 heterocycles. The summed E-state index contributed by atoms with van der Waals surface area (Å²) in [6, 6.07) is 10.2. The van der Waals surface area contributed by atoms with Crippen molar-refractivity contribution in [2.45, 2.75) is 19.3 Å². The summed E-state index contributed by atoms with van der Waals surface area (Å²) < 4.78 is 43.1. The van der Waals surface area contributed by atoms with Crippen LogP contribution in [0.25, 0.3) is 16.7 Å². The first kappa shape index (κ1) is 21.4. The van der Waals surface area contributed by atoms with Gasteiger partial charge < -0.3 is 0 Å². The van der Waals surface area contributed by atoms with Crippen LogP contribution in [0.15, 0.2) is 70.4 Å². The molecular weight excluding hydrogens is 455 g/mol. The summed E-state index contributed by atoms with van der Waals surface area (Å²) in [6.45, 7) is -0.0892. The van der Waals surface area contributed by atoms with Crippen LogP contribution in [-0.2, 0) is 19.3 Å². The number of nitro benzene ring substituents is 1. The maximum atomic E-state index is 13.2. The molecule has 0 saturated carbocycles. The van der Waals surface area contributed by atoms with E-state index in [1.807, 2.05) is 0 Å². The number of benzene rings is 2. The summed E-state index contributed by atoms with van der Waals surface area (Å²) in [5.74, 6) is 0. The zero-order valence-corrected chi connectivity index (χ0v) is 17.2. The molecule has 9 nitrogen and oxygen atoms in total. The van der Waals surface area contributed by atoms with Gasteiger partial charge in [-0.25, -0.2) is 9.48 Å². The van der Waals surface area contributed by atoms with Crippen LogP contribution in [0.2, 0.25) is 0 Å². The minimum atomic E-state index is -4.52. The van der Waals surface area contributed by atoms with Crippen molar-refractivity contribution in [3.8, 4) is 0 Å². The van der Waals surface area contributed by atoms with Crippen LogP contribution in [0.3, 0.4) is 0 Å². The Morgan fingerprint density at radius 2 is 1.82 bits per heavy atom. The van der Waals surface area contributed by atoms with E-state index in [0.717, 1.165) is 16.7 Å². The van der Waals surface area contributed by atoms with E-state index in [9.17, 15) is 32.9 Å². The van der Waals surface area contributed by atoms with Gasteiger partial charge in [-0.15, -0.1) is 0 Å². The van der Waals surface area contributed by atoms with Gasteiger partial charge in [0.05, 0.1) is 28.9 Å². The molecule has 0 saturated heterocycles. The number of rotatable bonds is 4. The maximum absolute atomic E-state index is 13.2. The molecule has 34 heavy (non-hydrogen) atoms.